The predicted octanol–water partition coefficient (Wildman–Crippen LogP) is 4.46. The molecule has 4 nitrogen and oxygen atoms in total. The molecule has 126 valence electrons. The normalized spacial score (nSPS) is 10.2. The number of hydrazine groups is 1. The maximum atomic E-state index is 13.6. The quantitative estimate of drug-likeness (QED) is 0.477. The first-order valence-electron chi connectivity index (χ1n) is 6.60. The number of carbonyl (C=O) groups is 1. The zero-order valence-corrected chi connectivity index (χ0v) is 15.9. The van der Waals surface area contributed by atoms with E-state index < -0.39 is 11.7 Å². The van der Waals surface area contributed by atoms with Crippen LogP contribution in [0.5, 0.6) is 0 Å². The van der Waals surface area contributed by atoms with Crippen molar-refractivity contribution in [3.63, 3.8) is 0 Å². The van der Waals surface area contributed by atoms with Crippen molar-refractivity contribution in [3.05, 3.63) is 62.3 Å². The van der Waals surface area contributed by atoms with Crippen LogP contribution in [0.15, 0.2) is 40.9 Å². The van der Waals surface area contributed by atoms with Gasteiger partial charge in [0.15, 0.2) is 5.11 Å². The van der Waals surface area contributed by atoms with E-state index in [2.05, 4.69) is 32.1 Å². The van der Waals surface area contributed by atoms with Gasteiger partial charge in [0.1, 0.15) is 5.82 Å². The molecule has 0 aliphatic heterocycles. The lowest BCUT2D eigenvalue weighted by molar-refractivity contribution is -0.121. The first-order valence-corrected chi connectivity index (χ1v) is 8.56. The number of carbonyl (C=O) groups excluding carboxylic acids is 1. The summed E-state index contributed by atoms with van der Waals surface area (Å²) in [6.07, 6.45) is -0.222. The van der Waals surface area contributed by atoms with Crippen LogP contribution in [-0.2, 0) is 11.2 Å². The number of hydrogen-bond donors (Lipinski definition) is 3. The van der Waals surface area contributed by atoms with Crippen LogP contribution < -0.4 is 16.2 Å². The van der Waals surface area contributed by atoms with Crippen LogP contribution in [0, 0.1) is 5.82 Å². The summed E-state index contributed by atoms with van der Waals surface area (Å²) >= 11 is 20.3. The molecule has 3 N–H and O–H groups in total. The van der Waals surface area contributed by atoms with Crippen molar-refractivity contribution in [2.24, 2.45) is 0 Å². The van der Waals surface area contributed by atoms with E-state index in [1.807, 2.05) is 0 Å². The molecule has 9 heteroatoms. The molecule has 0 fully saturated rings. The van der Waals surface area contributed by atoms with Crippen molar-refractivity contribution in [2.45, 2.75) is 6.42 Å². The maximum absolute atomic E-state index is 13.6. The maximum Gasteiger partial charge on any atom is 0.242 e. The minimum absolute atomic E-state index is 0.119. The third-order valence-electron chi connectivity index (χ3n) is 2.89. The SMILES string of the molecule is O=C(Cc1c(F)cccc1Cl)NNC(=S)Nc1ccc(Br)cc1Cl. The summed E-state index contributed by atoms with van der Waals surface area (Å²) in [6, 6.07) is 9.44. The summed E-state index contributed by atoms with van der Waals surface area (Å²) < 4.78 is 14.5. The van der Waals surface area contributed by atoms with Gasteiger partial charge < -0.3 is 5.32 Å². The predicted molar refractivity (Wildman–Crippen MR) is 102 cm³/mol. The zero-order valence-electron chi connectivity index (χ0n) is 12.0. The highest BCUT2D eigenvalue weighted by Crippen LogP contribution is 2.25. The third-order valence-corrected chi connectivity index (χ3v) is 4.26. The number of nitrogens with one attached hydrogen (secondary N) is 3. The molecule has 2 aromatic carbocycles. The van der Waals surface area contributed by atoms with Gasteiger partial charge in [0.25, 0.3) is 0 Å². The second-order valence-corrected chi connectivity index (χ2v) is 6.77. The van der Waals surface area contributed by atoms with E-state index in [1.54, 1.807) is 18.2 Å². The minimum Gasteiger partial charge on any atom is -0.330 e. The van der Waals surface area contributed by atoms with Crippen LogP contribution in [0.3, 0.4) is 0 Å². The van der Waals surface area contributed by atoms with E-state index in [0.717, 1.165) is 4.47 Å². The molecule has 0 bridgehead atoms. The number of benzene rings is 2. The van der Waals surface area contributed by atoms with Gasteiger partial charge in [-0.3, -0.25) is 15.6 Å². The molecule has 2 rings (SSSR count). The zero-order chi connectivity index (χ0) is 17.7. The fourth-order valence-electron chi connectivity index (χ4n) is 1.78. The van der Waals surface area contributed by atoms with E-state index in [4.69, 9.17) is 35.4 Å². The van der Waals surface area contributed by atoms with Gasteiger partial charge in [-0.2, -0.15) is 0 Å². The second kappa shape index (κ2) is 8.62. The Kier molecular flexibility index (Phi) is 6.79. The standard InChI is InChI=1S/C15H11BrCl2FN3OS/c16-8-4-5-13(11(18)6-8)20-15(24)22-21-14(23)7-9-10(17)2-1-3-12(9)19/h1-6H,7H2,(H,21,23)(H2,20,22,24). The van der Waals surface area contributed by atoms with E-state index in [0.29, 0.717) is 10.7 Å². The monoisotopic (exact) mass is 449 g/mol. The van der Waals surface area contributed by atoms with Crippen LogP contribution in [0.25, 0.3) is 0 Å². The Balaban J connectivity index is 1.88. The molecule has 0 aliphatic carbocycles. The number of rotatable bonds is 3. The molecule has 0 radical (unpaired) electrons. The van der Waals surface area contributed by atoms with E-state index >= 15 is 0 Å². The Morgan fingerprint density at radius 1 is 1.17 bits per heavy atom. The average molecular weight is 451 g/mol. The number of thiocarbonyl (C=S) groups is 1. The number of anilines is 1. The first-order chi connectivity index (χ1) is 11.4. The lowest BCUT2D eigenvalue weighted by atomic mass is 10.1. The number of hydrogen-bond acceptors (Lipinski definition) is 2. The molecule has 0 aromatic heterocycles. The Labute approximate surface area is 161 Å². The highest BCUT2D eigenvalue weighted by molar-refractivity contribution is 9.10. The summed E-state index contributed by atoms with van der Waals surface area (Å²) in [7, 11) is 0. The molecule has 0 spiro atoms. The minimum atomic E-state index is -0.542. The topological polar surface area (TPSA) is 53.2 Å². The van der Waals surface area contributed by atoms with E-state index in [-0.39, 0.29) is 22.1 Å². The highest BCUT2D eigenvalue weighted by atomic mass is 79.9. The molecule has 0 atom stereocenters. The number of halogens is 4. The Morgan fingerprint density at radius 3 is 2.58 bits per heavy atom. The van der Waals surface area contributed by atoms with Crippen molar-refractivity contribution >= 4 is 68.1 Å². The van der Waals surface area contributed by atoms with Gasteiger partial charge in [-0.25, -0.2) is 4.39 Å². The van der Waals surface area contributed by atoms with E-state index in [1.165, 1.54) is 18.2 Å². The lowest BCUT2D eigenvalue weighted by Crippen LogP contribution is -2.44. The average Bonchev–Trinajstić information content (AvgIpc) is 2.52. The summed E-state index contributed by atoms with van der Waals surface area (Å²) in [6.45, 7) is 0. The number of amides is 1. The van der Waals surface area contributed by atoms with Gasteiger partial charge in [-0.05, 0) is 42.5 Å². The second-order valence-electron chi connectivity index (χ2n) is 4.63. The Morgan fingerprint density at radius 2 is 1.92 bits per heavy atom. The molecule has 0 aliphatic rings. The molecule has 24 heavy (non-hydrogen) atoms. The highest BCUT2D eigenvalue weighted by Gasteiger charge is 2.12. The third kappa shape index (κ3) is 5.31. The van der Waals surface area contributed by atoms with Gasteiger partial charge in [-0.1, -0.05) is 45.2 Å². The van der Waals surface area contributed by atoms with Gasteiger partial charge in [-0.15, -0.1) is 0 Å². The molecule has 2 aromatic rings. The van der Waals surface area contributed by atoms with E-state index in [9.17, 15) is 9.18 Å². The summed E-state index contributed by atoms with van der Waals surface area (Å²) in [4.78, 5) is 11.9. The molecular formula is C15H11BrCl2FN3OS. The summed E-state index contributed by atoms with van der Waals surface area (Å²) in [5.74, 6) is -1.03. The van der Waals surface area contributed by atoms with Crippen molar-refractivity contribution in [1.29, 1.82) is 0 Å². The van der Waals surface area contributed by atoms with Gasteiger partial charge in [0.2, 0.25) is 5.91 Å². The molecule has 1 amide bonds. The van der Waals surface area contributed by atoms with Crippen LogP contribution in [-0.4, -0.2) is 11.0 Å². The molecule has 0 saturated carbocycles. The summed E-state index contributed by atoms with van der Waals surface area (Å²) in [5, 5.41) is 3.61. The molecule has 0 saturated heterocycles. The van der Waals surface area contributed by atoms with Gasteiger partial charge in [0, 0.05) is 15.1 Å². The Bertz CT molecular complexity index is 771. The van der Waals surface area contributed by atoms with Crippen LogP contribution >= 0.6 is 51.3 Å². The van der Waals surface area contributed by atoms with Crippen molar-refractivity contribution < 1.29 is 9.18 Å². The Hall–Kier alpha value is -1.41. The first kappa shape index (κ1) is 18.9. The van der Waals surface area contributed by atoms with Crippen molar-refractivity contribution in [2.75, 3.05) is 5.32 Å². The van der Waals surface area contributed by atoms with Crippen LogP contribution in [0.2, 0.25) is 10.0 Å². The lowest BCUT2D eigenvalue weighted by Gasteiger charge is -2.13. The van der Waals surface area contributed by atoms with Crippen molar-refractivity contribution in [3.8, 4) is 0 Å². The van der Waals surface area contributed by atoms with Gasteiger partial charge >= 0.3 is 0 Å². The fraction of sp³-hybridized carbons (Fsp3) is 0.0667. The van der Waals surface area contributed by atoms with Crippen LogP contribution in [0.4, 0.5) is 10.1 Å². The molecular weight excluding hydrogens is 440 g/mol. The van der Waals surface area contributed by atoms with Crippen LogP contribution in [0.1, 0.15) is 5.56 Å². The largest absolute Gasteiger partial charge is 0.330 e. The fourth-order valence-corrected chi connectivity index (χ4v) is 2.89. The summed E-state index contributed by atoms with van der Waals surface area (Å²) in [5.41, 5.74) is 5.57. The van der Waals surface area contributed by atoms with Gasteiger partial charge in [0.05, 0.1) is 17.1 Å². The molecule has 0 unspecified atom stereocenters. The van der Waals surface area contributed by atoms with Crippen molar-refractivity contribution in [1.82, 2.24) is 10.9 Å². The molecule has 0 heterocycles. The smallest absolute Gasteiger partial charge is 0.242 e.